The summed E-state index contributed by atoms with van der Waals surface area (Å²) in [6, 6.07) is 0.332. The molecule has 0 amide bonds. The van der Waals surface area contributed by atoms with Crippen LogP contribution in [0.3, 0.4) is 0 Å². The predicted molar refractivity (Wildman–Crippen MR) is 73.1 cm³/mol. The molecule has 5 heteroatoms. The lowest BCUT2D eigenvalue weighted by Gasteiger charge is -2.37. The lowest BCUT2D eigenvalue weighted by molar-refractivity contribution is 0.207. The zero-order valence-electron chi connectivity index (χ0n) is 10.7. The van der Waals surface area contributed by atoms with Gasteiger partial charge in [0.2, 0.25) is 0 Å². The van der Waals surface area contributed by atoms with Gasteiger partial charge in [-0.2, -0.15) is 16.9 Å². The van der Waals surface area contributed by atoms with E-state index in [1.165, 1.54) is 17.7 Å². The maximum atomic E-state index is 5.95. The highest BCUT2D eigenvalue weighted by atomic mass is 32.2. The van der Waals surface area contributed by atoms with Gasteiger partial charge in [-0.25, -0.2) is 0 Å². The molecule has 0 radical (unpaired) electrons. The minimum Gasteiger partial charge on any atom is -0.329 e. The van der Waals surface area contributed by atoms with Crippen LogP contribution in [0.15, 0.2) is 12.4 Å². The van der Waals surface area contributed by atoms with Gasteiger partial charge in [0.1, 0.15) is 0 Å². The Morgan fingerprint density at radius 2 is 2.47 bits per heavy atom. The summed E-state index contributed by atoms with van der Waals surface area (Å²) in [5.74, 6) is 1.22. The SMILES string of the molecule is CCC1CN(C(CN)c2cnn(C)c2)CCS1. The summed E-state index contributed by atoms with van der Waals surface area (Å²) in [5, 5.41) is 5.01. The van der Waals surface area contributed by atoms with Crippen molar-refractivity contribution in [1.82, 2.24) is 14.7 Å². The summed E-state index contributed by atoms with van der Waals surface area (Å²) >= 11 is 2.09. The van der Waals surface area contributed by atoms with E-state index in [1.807, 2.05) is 17.9 Å². The molecule has 1 aliphatic rings. The molecule has 0 aromatic carbocycles. The lowest BCUT2D eigenvalue weighted by Crippen LogP contribution is -2.42. The molecule has 2 N–H and O–H groups in total. The second-order valence-corrected chi connectivity index (χ2v) is 6.00. The first-order chi connectivity index (χ1) is 8.24. The Bertz CT molecular complexity index is 352. The zero-order chi connectivity index (χ0) is 12.3. The molecule has 0 aliphatic carbocycles. The highest BCUT2D eigenvalue weighted by molar-refractivity contribution is 8.00. The topological polar surface area (TPSA) is 47.1 Å². The lowest BCUT2D eigenvalue weighted by atomic mass is 10.1. The third-order valence-corrected chi connectivity index (χ3v) is 4.77. The van der Waals surface area contributed by atoms with Gasteiger partial charge in [0.05, 0.1) is 12.2 Å². The van der Waals surface area contributed by atoms with E-state index < -0.39 is 0 Å². The Labute approximate surface area is 108 Å². The molecule has 2 heterocycles. The van der Waals surface area contributed by atoms with Gasteiger partial charge in [-0.3, -0.25) is 9.58 Å². The molecular formula is C12H22N4S. The minimum absolute atomic E-state index is 0.332. The minimum atomic E-state index is 0.332. The average Bonchev–Trinajstić information content (AvgIpc) is 2.77. The van der Waals surface area contributed by atoms with Crippen LogP contribution in [0.1, 0.15) is 24.9 Å². The first-order valence-corrected chi connectivity index (χ1v) is 7.33. The van der Waals surface area contributed by atoms with Crippen LogP contribution < -0.4 is 5.73 Å². The summed E-state index contributed by atoms with van der Waals surface area (Å²) < 4.78 is 1.86. The van der Waals surface area contributed by atoms with Crippen LogP contribution in [-0.4, -0.2) is 45.3 Å². The molecule has 96 valence electrons. The van der Waals surface area contributed by atoms with Crippen LogP contribution in [0.5, 0.6) is 0 Å². The van der Waals surface area contributed by atoms with E-state index in [2.05, 4.69) is 34.9 Å². The molecule has 2 unspecified atom stereocenters. The molecule has 1 aromatic rings. The summed E-state index contributed by atoms with van der Waals surface area (Å²) in [6.45, 7) is 5.23. The van der Waals surface area contributed by atoms with Crippen molar-refractivity contribution in [2.24, 2.45) is 12.8 Å². The molecular weight excluding hydrogens is 232 g/mol. The highest BCUT2D eigenvalue weighted by Crippen LogP contribution is 2.27. The molecule has 1 fully saturated rings. The molecule has 1 aliphatic heterocycles. The Hall–Kier alpha value is -0.520. The van der Waals surface area contributed by atoms with E-state index in [1.54, 1.807) is 0 Å². The van der Waals surface area contributed by atoms with E-state index in [4.69, 9.17) is 5.73 Å². The second kappa shape index (κ2) is 5.89. The third-order valence-electron chi connectivity index (χ3n) is 3.40. The number of hydrogen-bond acceptors (Lipinski definition) is 4. The normalized spacial score (nSPS) is 23.8. The van der Waals surface area contributed by atoms with Gasteiger partial charge in [0.15, 0.2) is 0 Å². The molecule has 0 bridgehead atoms. The molecule has 2 rings (SSSR count). The number of rotatable bonds is 4. The van der Waals surface area contributed by atoms with Gasteiger partial charge in [-0.05, 0) is 6.42 Å². The van der Waals surface area contributed by atoms with Gasteiger partial charge in [0, 0.05) is 49.4 Å². The third kappa shape index (κ3) is 3.03. The highest BCUT2D eigenvalue weighted by Gasteiger charge is 2.26. The fourth-order valence-electron chi connectivity index (χ4n) is 2.38. The second-order valence-electron chi connectivity index (χ2n) is 4.59. The predicted octanol–water partition coefficient (Wildman–Crippen LogP) is 1.25. The van der Waals surface area contributed by atoms with E-state index in [0.717, 1.165) is 18.3 Å². The Kier molecular flexibility index (Phi) is 4.48. The van der Waals surface area contributed by atoms with Gasteiger partial charge in [-0.15, -0.1) is 0 Å². The number of aromatic nitrogens is 2. The van der Waals surface area contributed by atoms with Crippen molar-refractivity contribution in [2.45, 2.75) is 24.6 Å². The fraction of sp³-hybridized carbons (Fsp3) is 0.750. The van der Waals surface area contributed by atoms with Crippen LogP contribution in [0.25, 0.3) is 0 Å². The van der Waals surface area contributed by atoms with Crippen molar-refractivity contribution in [3.63, 3.8) is 0 Å². The van der Waals surface area contributed by atoms with E-state index in [-0.39, 0.29) is 0 Å². The molecule has 0 spiro atoms. The first-order valence-electron chi connectivity index (χ1n) is 6.28. The van der Waals surface area contributed by atoms with Crippen molar-refractivity contribution in [1.29, 1.82) is 0 Å². The number of nitrogens with zero attached hydrogens (tertiary/aromatic N) is 3. The molecule has 0 saturated carbocycles. The van der Waals surface area contributed by atoms with Crippen molar-refractivity contribution in [2.75, 3.05) is 25.4 Å². The largest absolute Gasteiger partial charge is 0.329 e. The average molecular weight is 254 g/mol. The number of nitrogens with two attached hydrogens (primary N) is 1. The van der Waals surface area contributed by atoms with Crippen LogP contribution in [0.2, 0.25) is 0 Å². The smallest absolute Gasteiger partial charge is 0.0538 e. The Morgan fingerprint density at radius 1 is 1.65 bits per heavy atom. The van der Waals surface area contributed by atoms with Gasteiger partial charge >= 0.3 is 0 Å². The van der Waals surface area contributed by atoms with Crippen LogP contribution in [0.4, 0.5) is 0 Å². The molecule has 17 heavy (non-hydrogen) atoms. The maximum Gasteiger partial charge on any atom is 0.0538 e. The standard InChI is InChI=1S/C12H22N4S/c1-3-11-9-16(4-5-17-11)12(6-13)10-7-14-15(2)8-10/h7-8,11-12H,3-6,9,13H2,1-2H3. The number of hydrogen-bond donors (Lipinski definition) is 1. The van der Waals surface area contributed by atoms with Crippen LogP contribution in [0, 0.1) is 0 Å². The van der Waals surface area contributed by atoms with Gasteiger partial charge in [0.25, 0.3) is 0 Å². The molecule has 2 atom stereocenters. The Morgan fingerprint density at radius 3 is 3.06 bits per heavy atom. The van der Waals surface area contributed by atoms with E-state index in [0.29, 0.717) is 12.6 Å². The summed E-state index contributed by atoms with van der Waals surface area (Å²) in [6.07, 6.45) is 5.27. The van der Waals surface area contributed by atoms with Crippen LogP contribution in [-0.2, 0) is 7.05 Å². The Balaban J connectivity index is 2.07. The van der Waals surface area contributed by atoms with Crippen molar-refractivity contribution < 1.29 is 0 Å². The first kappa shape index (κ1) is 12.9. The van der Waals surface area contributed by atoms with Crippen LogP contribution >= 0.6 is 11.8 Å². The molecule has 1 saturated heterocycles. The summed E-state index contributed by atoms with van der Waals surface area (Å²) in [4.78, 5) is 2.52. The fourth-order valence-corrected chi connectivity index (χ4v) is 3.59. The van der Waals surface area contributed by atoms with E-state index in [9.17, 15) is 0 Å². The number of aryl methyl sites for hydroxylation is 1. The monoisotopic (exact) mass is 254 g/mol. The molecule has 4 nitrogen and oxygen atoms in total. The van der Waals surface area contributed by atoms with Gasteiger partial charge < -0.3 is 5.73 Å². The molecule has 1 aromatic heterocycles. The van der Waals surface area contributed by atoms with Crippen molar-refractivity contribution in [3.05, 3.63) is 18.0 Å². The quantitative estimate of drug-likeness (QED) is 0.878. The summed E-state index contributed by atoms with van der Waals surface area (Å²) in [5.41, 5.74) is 7.19. The van der Waals surface area contributed by atoms with E-state index >= 15 is 0 Å². The van der Waals surface area contributed by atoms with Gasteiger partial charge in [-0.1, -0.05) is 6.92 Å². The van der Waals surface area contributed by atoms with Crippen molar-refractivity contribution in [3.8, 4) is 0 Å². The summed E-state index contributed by atoms with van der Waals surface area (Å²) in [7, 11) is 1.96. The zero-order valence-corrected chi connectivity index (χ0v) is 11.5. The van der Waals surface area contributed by atoms with Crippen molar-refractivity contribution >= 4 is 11.8 Å². The maximum absolute atomic E-state index is 5.95. The number of thioether (sulfide) groups is 1.